The van der Waals surface area contributed by atoms with Crippen LogP contribution in [0.15, 0.2) is 63.8 Å². The number of pyridine rings is 1. The maximum Gasteiger partial charge on any atom is 0.417 e. The highest BCUT2D eigenvalue weighted by Crippen LogP contribution is 2.33. The Labute approximate surface area is 218 Å². The maximum atomic E-state index is 12.8. The number of fused-ring (bicyclic) bond motifs is 1. The van der Waals surface area contributed by atoms with Crippen molar-refractivity contribution < 1.29 is 44.7 Å². The molecule has 0 saturated heterocycles. The molecule has 2 N–H and O–H groups in total. The zero-order chi connectivity index (χ0) is 27.9. The Bertz CT molecular complexity index is 1600. The van der Waals surface area contributed by atoms with Crippen LogP contribution < -0.4 is 4.72 Å². The lowest BCUT2D eigenvalue weighted by atomic mass is 10.1. The molecule has 1 amide bonds. The number of hydrogen-bond acceptors (Lipinski definition) is 8. The van der Waals surface area contributed by atoms with Crippen molar-refractivity contribution in [2.75, 3.05) is 6.54 Å². The Kier molecular flexibility index (Phi) is 7.35. The molecule has 202 valence electrons. The molecule has 3 heterocycles. The molecule has 1 aliphatic rings. The molecule has 3 aromatic rings. The van der Waals surface area contributed by atoms with Crippen LogP contribution in [0.3, 0.4) is 0 Å². The average Bonchev–Trinajstić information content (AvgIpc) is 3.42. The number of carboxylic acid groups (broad SMARTS) is 1. The van der Waals surface area contributed by atoms with Gasteiger partial charge in [0.15, 0.2) is 0 Å². The molecule has 0 saturated carbocycles. The number of aromatic nitrogens is 1. The quantitative estimate of drug-likeness (QED) is 0.386. The number of carboxylic acids is 1. The van der Waals surface area contributed by atoms with Crippen molar-refractivity contribution in [3.05, 3.63) is 65.9 Å². The van der Waals surface area contributed by atoms with Gasteiger partial charge in [0.1, 0.15) is 15.1 Å². The Morgan fingerprint density at radius 3 is 2.45 bits per heavy atom. The molecule has 0 radical (unpaired) electrons. The Morgan fingerprint density at radius 1 is 1.13 bits per heavy atom. The molecule has 4 rings (SSSR count). The number of thiophene rings is 1. The summed E-state index contributed by atoms with van der Waals surface area (Å²) in [7, 11) is -8.46. The molecule has 38 heavy (non-hydrogen) atoms. The van der Waals surface area contributed by atoms with E-state index in [1.165, 1.54) is 30.3 Å². The van der Waals surface area contributed by atoms with Crippen LogP contribution in [0.2, 0.25) is 0 Å². The van der Waals surface area contributed by atoms with E-state index in [2.05, 4.69) is 4.98 Å². The van der Waals surface area contributed by atoms with Gasteiger partial charge in [-0.25, -0.2) is 21.1 Å². The van der Waals surface area contributed by atoms with Crippen LogP contribution in [0, 0.1) is 0 Å². The van der Waals surface area contributed by atoms with Crippen LogP contribution in [0.25, 0.3) is 10.6 Å². The molecule has 0 bridgehead atoms. The zero-order valence-electron chi connectivity index (χ0n) is 19.0. The fourth-order valence-electron chi connectivity index (χ4n) is 3.68. The average molecular weight is 590 g/mol. The zero-order valence-corrected chi connectivity index (χ0v) is 21.5. The molecule has 0 aliphatic carbocycles. The highest BCUT2D eigenvalue weighted by Gasteiger charge is 2.40. The van der Waals surface area contributed by atoms with Gasteiger partial charge in [-0.3, -0.25) is 14.6 Å². The molecule has 0 fully saturated rings. The van der Waals surface area contributed by atoms with Crippen molar-refractivity contribution in [2.45, 2.75) is 34.2 Å². The molecule has 0 unspecified atom stereocenters. The summed E-state index contributed by atoms with van der Waals surface area (Å²) in [4.78, 5) is 28.0. The molecule has 10 nitrogen and oxygen atoms in total. The van der Waals surface area contributed by atoms with E-state index in [9.17, 15) is 44.7 Å². The topological polar surface area (TPSA) is 151 Å². The predicted molar refractivity (Wildman–Crippen MR) is 128 cm³/mol. The van der Waals surface area contributed by atoms with Crippen molar-refractivity contribution in [3.8, 4) is 10.6 Å². The van der Waals surface area contributed by atoms with Gasteiger partial charge < -0.3 is 5.11 Å². The van der Waals surface area contributed by atoms with Gasteiger partial charge in [-0.1, -0.05) is 12.1 Å². The minimum atomic E-state index is -4.58. The van der Waals surface area contributed by atoms with Crippen LogP contribution in [0.4, 0.5) is 13.2 Å². The van der Waals surface area contributed by atoms with Crippen LogP contribution in [-0.2, 0) is 31.0 Å². The summed E-state index contributed by atoms with van der Waals surface area (Å²) in [6.45, 7) is -0.357. The first-order valence-electron chi connectivity index (χ1n) is 10.8. The number of sulfonamides is 2. The summed E-state index contributed by atoms with van der Waals surface area (Å²) in [5.74, 6) is -2.27. The van der Waals surface area contributed by atoms with Crippen molar-refractivity contribution in [1.82, 2.24) is 14.0 Å². The lowest BCUT2D eigenvalue weighted by Gasteiger charge is -2.17. The second-order valence-corrected chi connectivity index (χ2v) is 12.9. The highest BCUT2D eigenvalue weighted by atomic mass is 32.2. The summed E-state index contributed by atoms with van der Waals surface area (Å²) in [6.07, 6.45) is -4.44. The van der Waals surface area contributed by atoms with Gasteiger partial charge in [0, 0.05) is 12.7 Å². The van der Waals surface area contributed by atoms with E-state index in [0.717, 1.165) is 18.2 Å². The largest absolute Gasteiger partial charge is 0.480 e. The third-order valence-electron chi connectivity index (χ3n) is 5.55. The lowest BCUT2D eigenvalue weighted by Crippen LogP contribution is -2.41. The van der Waals surface area contributed by atoms with Crippen LogP contribution in [0.1, 0.15) is 28.8 Å². The summed E-state index contributed by atoms with van der Waals surface area (Å²) in [6, 6.07) is 8.35. The lowest BCUT2D eigenvalue weighted by molar-refractivity contribution is -0.139. The first kappa shape index (κ1) is 27.7. The third-order valence-corrected chi connectivity index (χ3v) is 10.5. The Hall–Kier alpha value is -3.34. The van der Waals surface area contributed by atoms with Gasteiger partial charge in [-0.05, 0) is 49.2 Å². The minimum absolute atomic E-state index is 0.000905. The number of rotatable bonds is 9. The molecule has 0 spiro atoms. The van der Waals surface area contributed by atoms with E-state index in [1.807, 2.05) is 4.72 Å². The summed E-state index contributed by atoms with van der Waals surface area (Å²) in [5, 5.41) is 9.52. The number of halogens is 3. The van der Waals surface area contributed by atoms with Gasteiger partial charge in [0.25, 0.3) is 26.0 Å². The van der Waals surface area contributed by atoms with Crippen molar-refractivity contribution >= 4 is 43.3 Å². The number of aliphatic carboxylic acids is 1. The number of carbonyl (C=O) groups excluding carboxylic acids is 1. The van der Waals surface area contributed by atoms with Crippen molar-refractivity contribution in [1.29, 1.82) is 0 Å². The third kappa shape index (κ3) is 5.43. The van der Waals surface area contributed by atoms with Gasteiger partial charge in [-0.2, -0.15) is 17.9 Å². The molecule has 1 aromatic carbocycles. The Morgan fingerprint density at radius 2 is 1.84 bits per heavy atom. The first-order valence-corrected chi connectivity index (χ1v) is 14.5. The smallest absolute Gasteiger partial charge is 0.417 e. The van der Waals surface area contributed by atoms with E-state index in [0.29, 0.717) is 21.8 Å². The summed E-state index contributed by atoms with van der Waals surface area (Å²) >= 11 is 0.678. The monoisotopic (exact) mass is 589 g/mol. The SMILES string of the molecule is O=C(O)[C@@H](CCCN1C(=O)c2ccccc2S1(=O)=O)NS(=O)(=O)c1ccc(-c2ccc(C(F)(F)F)cn2)s1. The number of alkyl halides is 3. The molecule has 16 heteroatoms. The summed E-state index contributed by atoms with van der Waals surface area (Å²) in [5.41, 5.74) is -0.875. The van der Waals surface area contributed by atoms with E-state index in [-0.39, 0.29) is 44.6 Å². The van der Waals surface area contributed by atoms with E-state index in [1.54, 1.807) is 0 Å². The number of nitrogens with one attached hydrogen (secondary N) is 1. The van der Waals surface area contributed by atoms with E-state index in [4.69, 9.17) is 0 Å². The van der Waals surface area contributed by atoms with Crippen LogP contribution in [0.5, 0.6) is 0 Å². The van der Waals surface area contributed by atoms with Gasteiger partial charge in [0.05, 0.1) is 21.7 Å². The van der Waals surface area contributed by atoms with Gasteiger partial charge in [-0.15, -0.1) is 11.3 Å². The molecule has 2 aromatic heterocycles. The fraction of sp³-hybridized carbons (Fsp3) is 0.227. The van der Waals surface area contributed by atoms with Crippen LogP contribution in [-0.4, -0.2) is 55.7 Å². The second kappa shape index (κ2) is 10.1. The summed E-state index contributed by atoms with van der Waals surface area (Å²) < 4.78 is 91.4. The van der Waals surface area contributed by atoms with Gasteiger partial charge >= 0.3 is 12.1 Å². The van der Waals surface area contributed by atoms with E-state index >= 15 is 0 Å². The maximum absolute atomic E-state index is 12.8. The fourth-order valence-corrected chi connectivity index (χ4v) is 7.81. The minimum Gasteiger partial charge on any atom is -0.480 e. The van der Waals surface area contributed by atoms with Gasteiger partial charge in [0.2, 0.25) is 0 Å². The molecular weight excluding hydrogens is 571 g/mol. The first-order chi connectivity index (χ1) is 17.7. The normalized spacial score (nSPS) is 15.9. The van der Waals surface area contributed by atoms with Crippen molar-refractivity contribution in [2.24, 2.45) is 0 Å². The number of carbonyl (C=O) groups is 2. The molecular formula is C22H18F3N3O7S3. The van der Waals surface area contributed by atoms with Crippen LogP contribution >= 0.6 is 11.3 Å². The van der Waals surface area contributed by atoms with E-state index < -0.39 is 49.7 Å². The second-order valence-electron chi connectivity index (χ2n) is 8.08. The molecule has 1 aliphatic heterocycles. The highest BCUT2D eigenvalue weighted by molar-refractivity contribution is 7.91. The number of hydrogen-bond donors (Lipinski definition) is 2. The predicted octanol–water partition coefficient (Wildman–Crippen LogP) is 3.19. The Balaban J connectivity index is 1.43. The number of benzene rings is 1. The molecule has 1 atom stereocenters. The number of nitrogens with zero attached hydrogens (tertiary/aromatic N) is 2. The standard InChI is InChI=1S/C22H18F3N3O7S3/c23-22(24,25)13-7-8-15(26-12-13)17-9-10-19(36-17)37(32,33)27-16(21(30)31)5-3-11-28-20(29)14-4-1-2-6-18(14)38(28,34)35/h1-2,4,6-10,12,16,27H,3,5,11H2,(H,30,31)/t16-/m1/s1. The number of amides is 1. The van der Waals surface area contributed by atoms with Crippen molar-refractivity contribution in [3.63, 3.8) is 0 Å².